The molecular weight excluding hydrogens is 234 g/mol. The van der Waals surface area contributed by atoms with Gasteiger partial charge < -0.3 is 10.2 Å². The molecule has 1 aromatic rings. The fourth-order valence-electron chi connectivity index (χ4n) is 2.48. The Morgan fingerprint density at radius 2 is 1.95 bits per heavy atom. The van der Waals surface area contributed by atoms with Crippen LogP contribution in [0.25, 0.3) is 0 Å². The number of aromatic nitrogens is 1. The van der Waals surface area contributed by atoms with E-state index in [1.807, 2.05) is 13.2 Å². The van der Waals surface area contributed by atoms with Gasteiger partial charge in [0.15, 0.2) is 0 Å². The van der Waals surface area contributed by atoms with Crippen LogP contribution in [0.15, 0.2) is 12.3 Å². The maximum Gasteiger partial charge on any atom is 0.131 e. The van der Waals surface area contributed by atoms with Gasteiger partial charge in [0.2, 0.25) is 0 Å². The molecule has 0 aliphatic carbocycles. The Morgan fingerprint density at radius 1 is 1.26 bits per heavy atom. The molecule has 0 unspecified atom stereocenters. The van der Waals surface area contributed by atoms with Gasteiger partial charge in [-0.25, -0.2) is 4.98 Å². The highest BCUT2D eigenvalue weighted by Crippen LogP contribution is 2.20. The molecule has 0 saturated carbocycles. The molecule has 0 saturated heterocycles. The van der Waals surface area contributed by atoms with Crippen molar-refractivity contribution in [2.75, 3.05) is 25.0 Å². The molecule has 1 rings (SSSR count). The van der Waals surface area contributed by atoms with Gasteiger partial charge in [-0.2, -0.15) is 0 Å². The molecule has 1 aromatic heterocycles. The van der Waals surface area contributed by atoms with E-state index in [0.717, 1.165) is 31.4 Å². The van der Waals surface area contributed by atoms with Crippen molar-refractivity contribution < 1.29 is 0 Å². The molecule has 0 fully saturated rings. The molecule has 0 aliphatic heterocycles. The van der Waals surface area contributed by atoms with Crippen molar-refractivity contribution in [2.24, 2.45) is 5.92 Å². The minimum Gasteiger partial charge on any atom is -0.356 e. The zero-order chi connectivity index (χ0) is 14.3. The highest BCUT2D eigenvalue weighted by molar-refractivity contribution is 5.47. The number of hydrogen-bond acceptors (Lipinski definition) is 3. The lowest BCUT2D eigenvalue weighted by atomic mass is 10.0. The number of nitrogens with zero attached hydrogens (tertiary/aromatic N) is 2. The third kappa shape index (κ3) is 4.50. The Kier molecular flexibility index (Phi) is 6.85. The normalized spacial score (nSPS) is 11.1. The van der Waals surface area contributed by atoms with Crippen molar-refractivity contribution in [3.05, 3.63) is 23.4 Å². The number of nitrogens with one attached hydrogen (secondary N) is 1. The Balaban J connectivity index is 2.86. The van der Waals surface area contributed by atoms with Crippen LogP contribution in [0.3, 0.4) is 0 Å². The van der Waals surface area contributed by atoms with Gasteiger partial charge >= 0.3 is 0 Å². The lowest BCUT2D eigenvalue weighted by Crippen LogP contribution is -2.30. The molecule has 1 heterocycles. The first kappa shape index (κ1) is 16.0. The van der Waals surface area contributed by atoms with Crippen LogP contribution in [0, 0.1) is 12.8 Å². The van der Waals surface area contributed by atoms with Crippen LogP contribution < -0.4 is 10.2 Å². The van der Waals surface area contributed by atoms with E-state index in [0.29, 0.717) is 0 Å². The topological polar surface area (TPSA) is 28.2 Å². The SMILES string of the molecule is CCC(CC)CN(CC)c1ncc(CNC)cc1C. The molecule has 0 atom stereocenters. The summed E-state index contributed by atoms with van der Waals surface area (Å²) in [5, 5.41) is 3.17. The zero-order valence-electron chi connectivity index (χ0n) is 13.2. The number of pyridine rings is 1. The van der Waals surface area contributed by atoms with E-state index in [2.05, 4.69) is 49.0 Å². The summed E-state index contributed by atoms with van der Waals surface area (Å²) in [5.74, 6) is 1.91. The van der Waals surface area contributed by atoms with E-state index in [9.17, 15) is 0 Å². The smallest absolute Gasteiger partial charge is 0.131 e. The predicted molar refractivity (Wildman–Crippen MR) is 83.7 cm³/mol. The average molecular weight is 263 g/mol. The van der Waals surface area contributed by atoms with Crippen molar-refractivity contribution in [3.63, 3.8) is 0 Å². The summed E-state index contributed by atoms with van der Waals surface area (Å²) >= 11 is 0. The second kappa shape index (κ2) is 8.16. The summed E-state index contributed by atoms with van der Waals surface area (Å²) in [7, 11) is 1.97. The minimum absolute atomic E-state index is 0.762. The number of anilines is 1. The monoisotopic (exact) mass is 263 g/mol. The molecule has 0 aliphatic rings. The van der Waals surface area contributed by atoms with E-state index in [1.54, 1.807) is 0 Å². The van der Waals surface area contributed by atoms with Crippen molar-refractivity contribution in [2.45, 2.75) is 47.1 Å². The van der Waals surface area contributed by atoms with Gasteiger partial charge in [-0.05, 0) is 44.0 Å². The van der Waals surface area contributed by atoms with Gasteiger partial charge in [-0.1, -0.05) is 26.7 Å². The van der Waals surface area contributed by atoms with Crippen LogP contribution >= 0.6 is 0 Å². The fourth-order valence-corrected chi connectivity index (χ4v) is 2.48. The van der Waals surface area contributed by atoms with Gasteiger partial charge in [-0.15, -0.1) is 0 Å². The summed E-state index contributed by atoms with van der Waals surface area (Å²) in [4.78, 5) is 7.09. The van der Waals surface area contributed by atoms with Gasteiger partial charge in [0.05, 0.1) is 0 Å². The number of hydrogen-bond donors (Lipinski definition) is 1. The molecule has 0 aromatic carbocycles. The maximum absolute atomic E-state index is 4.68. The van der Waals surface area contributed by atoms with Crippen molar-refractivity contribution in [1.82, 2.24) is 10.3 Å². The highest BCUT2D eigenvalue weighted by Gasteiger charge is 2.13. The molecule has 0 spiro atoms. The highest BCUT2D eigenvalue weighted by atomic mass is 15.2. The second-order valence-corrected chi connectivity index (χ2v) is 5.24. The van der Waals surface area contributed by atoms with Crippen LogP contribution in [0.5, 0.6) is 0 Å². The van der Waals surface area contributed by atoms with Crippen LogP contribution in [0.4, 0.5) is 5.82 Å². The van der Waals surface area contributed by atoms with Crippen molar-refractivity contribution >= 4 is 5.82 Å². The van der Waals surface area contributed by atoms with Gasteiger partial charge in [0, 0.05) is 25.8 Å². The minimum atomic E-state index is 0.762. The van der Waals surface area contributed by atoms with Crippen LogP contribution in [-0.4, -0.2) is 25.1 Å². The molecule has 19 heavy (non-hydrogen) atoms. The molecule has 1 N–H and O–H groups in total. The fraction of sp³-hybridized carbons (Fsp3) is 0.688. The molecule has 0 radical (unpaired) electrons. The first-order chi connectivity index (χ1) is 9.15. The maximum atomic E-state index is 4.68. The quantitative estimate of drug-likeness (QED) is 0.779. The van der Waals surface area contributed by atoms with Crippen LogP contribution in [0.2, 0.25) is 0 Å². The van der Waals surface area contributed by atoms with Crippen molar-refractivity contribution in [3.8, 4) is 0 Å². The lowest BCUT2D eigenvalue weighted by Gasteiger charge is -2.28. The molecule has 3 nitrogen and oxygen atoms in total. The standard InChI is InChI=1S/C16H29N3/c1-6-14(7-2)12-19(8-3)16-13(4)9-15(10-17-5)11-18-16/h9,11,14,17H,6-8,10,12H2,1-5H3. The molecule has 0 bridgehead atoms. The van der Waals surface area contributed by atoms with Crippen molar-refractivity contribution in [1.29, 1.82) is 0 Å². The summed E-state index contributed by atoms with van der Waals surface area (Å²) in [6.45, 7) is 11.9. The van der Waals surface area contributed by atoms with Gasteiger partial charge in [0.1, 0.15) is 5.82 Å². The zero-order valence-corrected chi connectivity index (χ0v) is 13.2. The van der Waals surface area contributed by atoms with E-state index in [4.69, 9.17) is 0 Å². The Bertz CT molecular complexity index is 372. The van der Waals surface area contributed by atoms with Gasteiger partial charge in [0.25, 0.3) is 0 Å². The van der Waals surface area contributed by atoms with Gasteiger partial charge in [-0.3, -0.25) is 0 Å². The third-order valence-corrected chi connectivity index (χ3v) is 3.80. The molecule has 108 valence electrons. The molecule has 3 heteroatoms. The Morgan fingerprint density at radius 3 is 2.42 bits per heavy atom. The van der Waals surface area contributed by atoms with E-state index in [-0.39, 0.29) is 0 Å². The molecule has 0 amide bonds. The lowest BCUT2D eigenvalue weighted by molar-refractivity contribution is 0.484. The summed E-state index contributed by atoms with van der Waals surface area (Å²) < 4.78 is 0. The number of rotatable bonds is 8. The Hall–Kier alpha value is -1.09. The summed E-state index contributed by atoms with van der Waals surface area (Å²) in [6.07, 6.45) is 4.47. The summed E-state index contributed by atoms with van der Waals surface area (Å²) in [5.41, 5.74) is 2.53. The Labute approximate surface area is 118 Å². The third-order valence-electron chi connectivity index (χ3n) is 3.80. The molecular formula is C16H29N3. The first-order valence-corrected chi connectivity index (χ1v) is 7.51. The summed E-state index contributed by atoms with van der Waals surface area (Å²) in [6, 6.07) is 2.24. The van der Waals surface area contributed by atoms with Crippen LogP contribution in [-0.2, 0) is 6.54 Å². The predicted octanol–water partition coefficient (Wildman–Crippen LogP) is 3.37. The number of aryl methyl sites for hydroxylation is 1. The van der Waals surface area contributed by atoms with Crippen LogP contribution in [0.1, 0.15) is 44.7 Å². The largest absolute Gasteiger partial charge is 0.356 e. The second-order valence-electron chi connectivity index (χ2n) is 5.24. The van der Waals surface area contributed by atoms with E-state index < -0.39 is 0 Å². The first-order valence-electron chi connectivity index (χ1n) is 7.51. The van der Waals surface area contributed by atoms with E-state index in [1.165, 1.54) is 24.0 Å². The van der Waals surface area contributed by atoms with E-state index >= 15 is 0 Å². The average Bonchev–Trinajstić information content (AvgIpc) is 2.42.